The lowest BCUT2D eigenvalue weighted by Crippen LogP contribution is -2.22. The maximum absolute atomic E-state index is 6.03. The Morgan fingerprint density at radius 2 is 1.82 bits per heavy atom. The van der Waals surface area contributed by atoms with E-state index < -0.39 is 0 Å². The molecule has 2 aromatic rings. The SMILES string of the molecule is CCN(CC#CCOc1ccc(Cl)cc1Cl)c1ccccc1. The van der Waals surface area contributed by atoms with Crippen LogP contribution in [-0.2, 0) is 0 Å². The first-order valence-electron chi connectivity index (χ1n) is 7.04. The fraction of sp³-hybridized carbons (Fsp3) is 0.222. The van der Waals surface area contributed by atoms with Gasteiger partial charge in [0.2, 0.25) is 0 Å². The summed E-state index contributed by atoms with van der Waals surface area (Å²) in [4.78, 5) is 2.20. The van der Waals surface area contributed by atoms with Crippen LogP contribution in [0.5, 0.6) is 5.75 Å². The predicted molar refractivity (Wildman–Crippen MR) is 94.1 cm³/mol. The molecule has 2 rings (SSSR count). The molecule has 0 aliphatic rings. The maximum Gasteiger partial charge on any atom is 0.149 e. The van der Waals surface area contributed by atoms with Crippen LogP contribution >= 0.6 is 23.2 Å². The van der Waals surface area contributed by atoms with Gasteiger partial charge < -0.3 is 9.64 Å². The van der Waals surface area contributed by atoms with E-state index in [9.17, 15) is 0 Å². The molecule has 114 valence electrons. The summed E-state index contributed by atoms with van der Waals surface area (Å²) in [6.07, 6.45) is 0. The Morgan fingerprint density at radius 1 is 1.05 bits per heavy atom. The third-order valence-corrected chi connectivity index (χ3v) is 3.62. The third-order valence-electron chi connectivity index (χ3n) is 3.09. The van der Waals surface area contributed by atoms with E-state index in [1.807, 2.05) is 18.2 Å². The van der Waals surface area contributed by atoms with Crippen molar-refractivity contribution in [3.05, 3.63) is 58.6 Å². The molecule has 0 spiro atoms. The Kier molecular flexibility index (Phi) is 6.45. The highest BCUT2D eigenvalue weighted by Gasteiger charge is 2.01. The second-order valence-corrected chi connectivity index (χ2v) is 5.41. The fourth-order valence-corrected chi connectivity index (χ4v) is 2.40. The van der Waals surface area contributed by atoms with Crippen molar-refractivity contribution in [1.29, 1.82) is 0 Å². The van der Waals surface area contributed by atoms with Gasteiger partial charge in [-0.3, -0.25) is 0 Å². The maximum atomic E-state index is 6.03. The molecule has 0 radical (unpaired) electrons. The number of nitrogens with zero attached hydrogens (tertiary/aromatic N) is 1. The minimum Gasteiger partial charge on any atom is -0.479 e. The monoisotopic (exact) mass is 333 g/mol. The van der Waals surface area contributed by atoms with Crippen LogP contribution < -0.4 is 9.64 Å². The summed E-state index contributed by atoms with van der Waals surface area (Å²) in [6.45, 7) is 3.98. The lowest BCUT2D eigenvalue weighted by molar-refractivity contribution is 0.370. The average molecular weight is 334 g/mol. The van der Waals surface area contributed by atoms with E-state index in [-0.39, 0.29) is 0 Å². The number of benzene rings is 2. The van der Waals surface area contributed by atoms with E-state index >= 15 is 0 Å². The molecule has 0 bridgehead atoms. The molecule has 2 aromatic carbocycles. The van der Waals surface area contributed by atoms with E-state index in [0.29, 0.717) is 28.9 Å². The second kappa shape index (κ2) is 8.58. The quantitative estimate of drug-likeness (QED) is 0.721. The number of para-hydroxylation sites is 1. The Hall–Kier alpha value is -1.82. The van der Waals surface area contributed by atoms with Crippen molar-refractivity contribution in [2.24, 2.45) is 0 Å². The van der Waals surface area contributed by atoms with Gasteiger partial charge in [0.25, 0.3) is 0 Å². The summed E-state index contributed by atoms with van der Waals surface area (Å²) in [5, 5.41) is 1.08. The molecule has 0 aromatic heterocycles. The van der Waals surface area contributed by atoms with Crippen molar-refractivity contribution >= 4 is 28.9 Å². The molecule has 0 fully saturated rings. The molecule has 2 nitrogen and oxygen atoms in total. The first kappa shape index (κ1) is 16.5. The van der Waals surface area contributed by atoms with Gasteiger partial charge in [0.15, 0.2) is 0 Å². The minimum absolute atomic E-state index is 0.299. The summed E-state index contributed by atoms with van der Waals surface area (Å²) < 4.78 is 5.53. The van der Waals surface area contributed by atoms with Gasteiger partial charge in [0.1, 0.15) is 12.4 Å². The molecule has 0 unspecified atom stereocenters. The van der Waals surface area contributed by atoms with E-state index in [1.54, 1.807) is 18.2 Å². The highest BCUT2D eigenvalue weighted by atomic mass is 35.5. The van der Waals surface area contributed by atoms with Crippen LogP contribution in [-0.4, -0.2) is 19.7 Å². The largest absolute Gasteiger partial charge is 0.479 e. The Labute approximate surface area is 141 Å². The summed E-state index contributed by atoms with van der Waals surface area (Å²) in [6, 6.07) is 15.4. The molecular formula is C18H17Cl2NO. The van der Waals surface area contributed by atoms with E-state index in [2.05, 4.69) is 35.8 Å². The van der Waals surface area contributed by atoms with Gasteiger partial charge in [0.05, 0.1) is 11.6 Å². The first-order valence-corrected chi connectivity index (χ1v) is 7.80. The Bertz CT molecular complexity index is 662. The van der Waals surface area contributed by atoms with E-state index in [4.69, 9.17) is 27.9 Å². The third kappa shape index (κ3) is 4.87. The average Bonchev–Trinajstić information content (AvgIpc) is 2.53. The zero-order chi connectivity index (χ0) is 15.8. The molecule has 0 amide bonds. The summed E-state index contributed by atoms with van der Waals surface area (Å²) in [5.74, 6) is 6.72. The second-order valence-electron chi connectivity index (χ2n) is 4.57. The van der Waals surface area contributed by atoms with Crippen LogP contribution in [0.2, 0.25) is 10.0 Å². The molecule has 0 aliphatic carbocycles. The smallest absolute Gasteiger partial charge is 0.149 e. The molecule has 0 N–H and O–H groups in total. The van der Waals surface area contributed by atoms with Gasteiger partial charge in [-0.25, -0.2) is 0 Å². The fourth-order valence-electron chi connectivity index (χ4n) is 1.93. The Balaban J connectivity index is 1.86. The standard InChI is InChI=1S/C18H17Cl2NO/c1-2-21(16-8-4-3-5-9-16)12-6-7-13-22-18-11-10-15(19)14-17(18)20/h3-5,8-11,14H,2,12-13H2,1H3. The van der Waals surface area contributed by atoms with E-state index in [1.165, 1.54) is 5.69 Å². The van der Waals surface area contributed by atoms with Gasteiger partial charge in [0, 0.05) is 17.3 Å². The molecule has 0 saturated heterocycles. The zero-order valence-electron chi connectivity index (χ0n) is 12.4. The number of hydrogen-bond donors (Lipinski definition) is 0. The first-order chi connectivity index (χ1) is 10.7. The number of anilines is 1. The van der Waals surface area contributed by atoms with Crippen molar-refractivity contribution in [3.63, 3.8) is 0 Å². The molecule has 0 atom stereocenters. The van der Waals surface area contributed by atoms with Crippen LogP contribution in [0.3, 0.4) is 0 Å². The molecule has 22 heavy (non-hydrogen) atoms. The predicted octanol–water partition coefficient (Wildman–Crippen LogP) is 4.90. The number of ether oxygens (including phenoxy) is 1. The van der Waals surface area contributed by atoms with Crippen molar-refractivity contribution < 1.29 is 4.74 Å². The normalized spacial score (nSPS) is 9.77. The van der Waals surface area contributed by atoms with Crippen LogP contribution in [0.4, 0.5) is 5.69 Å². The van der Waals surface area contributed by atoms with Gasteiger partial charge in [-0.05, 0) is 37.3 Å². The van der Waals surface area contributed by atoms with Crippen molar-refractivity contribution in [2.45, 2.75) is 6.92 Å². The van der Waals surface area contributed by atoms with Crippen LogP contribution in [0.15, 0.2) is 48.5 Å². The highest BCUT2D eigenvalue weighted by Crippen LogP contribution is 2.27. The van der Waals surface area contributed by atoms with Crippen LogP contribution in [0.1, 0.15) is 6.92 Å². The topological polar surface area (TPSA) is 12.5 Å². The minimum atomic E-state index is 0.299. The van der Waals surface area contributed by atoms with Gasteiger partial charge in [-0.2, -0.15) is 0 Å². The summed E-state index contributed by atoms with van der Waals surface area (Å²) in [7, 11) is 0. The zero-order valence-corrected chi connectivity index (χ0v) is 13.9. The Morgan fingerprint density at radius 3 is 2.50 bits per heavy atom. The van der Waals surface area contributed by atoms with Crippen molar-refractivity contribution in [2.75, 3.05) is 24.6 Å². The molecular weight excluding hydrogens is 317 g/mol. The van der Waals surface area contributed by atoms with Crippen molar-refractivity contribution in [3.8, 4) is 17.6 Å². The molecule has 0 heterocycles. The van der Waals surface area contributed by atoms with Crippen molar-refractivity contribution in [1.82, 2.24) is 0 Å². The molecule has 4 heteroatoms. The number of rotatable bonds is 5. The van der Waals surface area contributed by atoms with Gasteiger partial charge in [-0.1, -0.05) is 53.2 Å². The van der Waals surface area contributed by atoms with E-state index in [0.717, 1.165) is 6.54 Å². The highest BCUT2D eigenvalue weighted by molar-refractivity contribution is 6.35. The lowest BCUT2D eigenvalue weighted by Gasteiger charge is -2.19. The number of hydrogen-bond acceptors (Lipinski definition) is 2. The summed E-state index contributed by atoms with van der Waals surface area (Å²) in [5.41, 5.74) is 1.17. The van der Waals surface area contributed by atoms with Crippen LogP contribution in [0.25, 0.3) is 0 Å². The van der Waals surface area contributed by atoms with Crippen LogP contribution in [0, 0.1) is 11.8 Å². The van der Waals surface area contributed by atoms with Gasteiger partial charge >= 0.3 is 0 Å². The lowest BCUT2D eigenvalue weighted by atomic mass is 10.3. The molecule has 0 saturated carbocycles. The number of halogens is 2. The summed E-state index contributed by atoms with van der Waals surface area (Å²) >= 11 is 11.9. The van der Waals surface area contributed by atoms with Gasteiger partial charge in [-0.15, -0.1) is 0 Å². The molecule has 0 aliphatic heterocycles.